The molecule has 4 nitrogen and oxygen atoms in total. The molecular weight excluding hydrogens is 192 g/mol. The average molecular weight is 205 g/mol. The van der Waals surface area contributed by atoms with E-state index in [9.17, 15) is 0 Å². The summed E-state index contributed by atoms with van der Waals surface area (Å²) in [5.74, 6) is 0.935. The maximum absolute atomic E-state index is 5.55. The first kappa shape index (κ1) is 11.8. The van der Waals surface area contributed by atoms with Crippen molar-refractivity contribution < 1.29 is 9.47 Å². The van der Waals surface area contributed by atoms with E-state index in [2.05, 4.69) is 4.98 Å². The summed E-state index contributed by atoms with van der Waals surface area (Å²) in [6.07, 6.45) is 0. The van der Waals surface area contributed by atoms with Crippen molar-refractivity contribution >= 4 is 18.1 Å². The zero-order valence-corrected chi connectivity index (χ0v) is 8.43. The molecule has 5 heteroatoms. The van der Waals surface area contributed by atoms with E-state index in [1.54, 1.807) is 12.1 Å². The first-order valence-corrected chi connectivity index (χ1v) is 3.71. The summed E-state index contributed by atoms with van der Waals surface area (Å²) in [4.78, 5) is 4.01. The van der Waals surface area contributed by atoms with Crippen molar-refractivity contribution in [1.29, 1.82) is 0 Å². The van der Waals surface area contributed by atoms with Crippen LogP contribution < -0.4 is 15.2 Å². The van der Waals surface area contributed by atoms with E-state index in [4.69, 9.17) is 15.2 Å². The number of aromatic nitrogens is 1. The molecule has 0 aliphatic rings. The van der Waals surface area contributed by atoms with Crippen LogP contribution in [0.2, 0.25) is 0 Å². The minimum absolute atomic E-state index is 0. The van der Waals surface area contributed by atoms with Gasteiger partial charge >= 0.3 is 0 Å². The van der Waals surface area contributed by atoms with Gasteiger partial charge in [0, 0.05) is 6.07 Å². The molecule has 1 heterocycles. The number of methoxy groups -OCH3 is 1. The highest BCUT2D eigenvalue weighted by molar-refractivity contribution is 5.85. The van der Waals surface area contributed by atoms with Crippen LogP contribution in [0.3, 0.4) is 0 Å². The van der Waals surface area contributed by atoms with Crippen molar-refractivity contribution in [3.63, 3.8) is 0 Å². The Morgan fingerprint density at radius 3 is 2.69 bits per heavy atom. The van der Waals surface area contributed by atoms with Gasteiger partial charge in [0.15, 0.2) is 0 Å². The van der Waals surface area contributed by atoms with Crippen LogP contribution in [0.5, 0.6) is 11.8 Å². The lowest BCUT2D eigenvalue weighted by molar-refractivity contribution is 0.317. The van der Waals surface area contributed by atoms with Gasteiger partial charge in [-0.15, -0.1) is 12.4 Å². The largest absolute Gasteiger partial charge is 0.479 e. The highest BCUT2D eigenvalue weighted by atomic mass is 35.5. The molecule has 0 atom stereocenters. The lowest BCUT2D eigenvalue weighted by Gasteiger charge is -2.05. The van der Waals surface area contributed by atoms with Gasteiger partial charge in [-0.2, -0.15) is 4.98 Å². The molecule has 0 aliphatic heterocycles. The van der Waals surface area contributed by atoms with Gasteiger partial charge in [-0.05, 0) is 13.0 Å². The van der Waals surface area contributed by atoms with E-state index in [0.29, 0.717) is 24.1 Å². The molecule has 1 aromatic rings. The molecule has 0 aromatic carbocycles. The van der Waals surface area contributed by atoms with Gasteiger partial charge in [-0.1, -0.05) is 0 Å². The predicted octanol–water partition coefficient (Wildman–Crippen LogP) is 1.49. The summed E-state index contributed by atoms with van der Waals surface area (Å²) in [6, 6.07) is 3.41. The van der Waals surface area contributed by atoms with Gasteiger partial charge in [0.25, 0.3) is 0 Å². The second-order valence-corrected chi connectivity index (χ2v) is 2.18. The lowest BCUT2D eigenvalue weighted by Crippen LogP contribution is -1.99. The number of rotatable bonds is 3. The van der Waals surface area contributed by atoms with E-state index in [-0.39, 0.29) is 12.4 Å². The molecule has 0 fully saturated rings. The minimum atomic E-state index is 0. The third-order valence-electron chi connectivity index (χ3n) is 1.35. The molecule has 0 saturated carbocycles. The van der Waals surface area contributed by atoms with Crippen LogP contribution >= 0.6 is 12.4 Å². The molecule has 0 amide bonds. The highest BCUT2D eigenvalue weighted by Crippen LogP contribution is 2.21. The molecule has 1 rings (SSSR count). The second-order valence-electron chi connectivity index (χ2n) is 2.18. The van der Waals surface area contributed by atoms with E-state index < -0.39 is 0 Å². The maximum atomic E-state index is 5.55. The van der Waals surface area contributed by atoms with Gasteiger partial charge in [-0.3, -0.25) is 0 Å². The Morgan fingerprint density at radius 2 is 2.15 bits per heavy atom. The summed E-state index contributed by atoms with van der Waals surface area (Å²) in [6.45, 7) is 2.48. The zero-order chi connectivity index (χ0) is 8.97. The second kappa shape index (κ2) is 5.48. The Kier molecular flexibility index (Phi) is 4.99. The van der Waals surface area contributed by atoms with Crippen molar-refractivity contribution in [1.82, 2.24) is 4.98 Å². The topological polar surface area (TPSA) is 57.4 Å². The fraction of sp³-hybridized carbons (Fsp3) is 0.375. The Hall–Kier alpha value is -1.16. The van der Waals surface area contributed by atoms with Crippen molar-refractivity contribution in [2.75, 3.05) is 19.5 Å². The van der Waals surface area contributed by atoms with Crippen LogP contribution in [0.4, 0.5) is 5.69 Å². The van der Waals surface area contributed by atoms with Gasteiger partial charge in [0.05, 0.1) is 19.4 Å². The van der Waals surface area contributed by atoms with Crippen LogP contribution in [-0.2, 0) is 0 Å². The standard InChI is InChI=1S/C8H12N2O2.ClH/c1-3-12-7-5-4-6(9)8(10-7)11-2;/h4-5H,3,9H2,1-2H3;1H. The van der Waals surface area contributed by atoms with Gasteiger partial charge < -0.3 is 15.2 Å². The molecular formula is C8H13ClN2O2. The number of nitrogens with zero attached hydrogens (tertiary/aromatic N) is 1. The quantitative estimate of drug-likeness (QED) is 0.811. The number of hydrogen-bond donors (Lipinski definition) is 1. The summed E-state index contributed by atoms with van der Waals surface area (Å²) in [7, 11) is 1.52. The highest BCUT2D eigenvalue weighted by Gasteiger charge is 2.01. The minimum Gasteiger partial charge on any atom is -0.479 e. The van der Waals surface area contributed by atoms with Gasteiger partial charge in [0.2, 0.25) is 11.8 Å². The van der Waals surface area contributed by atoms with Gasteiger partial charge in [-0.25, -0.2) is 0 Å². The van der Waals surface area contributed by atoms with Crippen LogP contribution in [-0.4, -0.2) is 18.7 Å². The van der Waals surface area contributed by atoms with Crippen molar-refractivity contribution in [3.8, 4) is 11.8 Å². The third kappa shape index (κ3) is 2.99. The first-order valence-electron chi connectivity index (χ1n) is 3.71. The number of halogens is 1. The molecule has 0 aliphatic carbocycles. The fourth-order valence-electron chi connectivity index (χ4n) is 0.826. The van der Waals surface area contributed by atoms with Crippen molar-refractivity contribution in [2.45, 2.75) is 6.92 Å². The van der Waals surface area contributed by atoms with Crippen LogP contribution in [0.25, 0.3) is 0 Å². The Balaban J connectivity index is 0.00000144. The summed E-state index contributed by atoms with van der Waals surface area (Å²) >= 11 is 0. The van der Waals surface area contributed by atoms with Gasteiger partial charge in [0.1, 0.15) is 0 Å². The van der Waals surface area contributed by atoms with Crippen molar-refractivity contribution in [3.05, 3.63) is 12.1 Å². The maximum Gasteiger partial charge on any atom is 0.240 e. The predicted molar refractivity (Wildman–Crippen MR) is 53.6 cm³/mol. The SMILES string of the molecule is CCOc1ccc(N)c(OC)n1.Cl. The normalized spacial score (nSPS) is 8.77. The van der Waals surface area contributed by atoms with E-state index in [1.807, 2.05) is 6.92 Å². The molecule has 0 bridgehead atoms. The third-order valence-corrected chi connectivity index (χ3v) is 1.35. The molecule has 2 N–H and O–H groups in total. The molecule has 1 aromatic heterocycles. The number of hydrogen-bond acceptors (Lipinski definition) is 4. The molecule has 0 unspecified atom stereocenters. The lowest BCUT2D eigenvalue weighted by atomic mass is 10.4. The average Bonchev–Trinajstić information content (AvgIpc) is 2.09. The van der Waals surface area contributed by atoms with E-state index in [1.165, 1.54) is 7.11 Å². The number of pyridine rings is 1. The fourth-order valence-corrected chi connectivity index (χ4v) is 0.826. The Morgan fingerprint density at radius 1 is 1.46 bits per heavy atom. The number of nitrogen functional groups attached to an aromatic ring is 1. The molecule has 0 spiro atoms. The van der Waals surface area contributed by atoms with Crippen LogP contribution in [0, 0.1) is 0 Å². The number of anilines is 1. The molecule has 74 valence electrons. The van der Waals surface area contributed by atoms with Crippen LogP contribution in [0.1, 0.15) is 6.92 Å². The zero-order valence-electron chi connectivity index (χ0n) is 7.61. The Labute approximate surface area is 83.5 Å². The van der Waals surface area contributed by atoms with Crippen molar-refractivity contribution in [2.24, 2.45) is 0 Å². The van der Waals surface area contributed by atoms with E-state index in [0.717, 1.165) is 0 Å². The Bertz CT molecular complexity index is 268. The molecule has 13 heavy (non-hydrogen) atoms. The van der Waals surface area contributed by atoms with Crippen LogP contribution in [0.15, 0.2) is 12.1 Å². The molecule has 0 radical (unpaired) electrons. The smallest absolute Gasteiger partial charge is 0.240 e. The number of ether oxygens (including phenoxy) is 2. The van der Waals surface area contributed by atoms with E-state index >= 15 is 0 Å². The molecule has 0 saturated heterocycles. The first-order chi connectivity index (χ1) is 5.77. The number of nitrogens with two attached hydrogens (primary N) is 1. The summed E-state index contributed by atoms with van der Waals surface area (Å²) in [5, 5.41) is 0. The monoisotopic (exact) mass is 204 g/mol. The summed E-state index contributed by atoms with van der Waals surface area (Å²) in [5.41, 5.74) is 6.07. The summed E-state index contributed by atoms with van der Waals surface area (Å²) < 4.78 is 10.1.